The number of rotatable bonds is 3. The van der Waals surface area contributed by atoms with Crippen LogP contribution in [0, 0.1) is 17.8 Å². The van der Waals surface area contributed by atoms with Crippen LogP contribution in [-0.4, -0.2) is 40.8 Å². The number of aromatic nitrogens is 2. The molecule has 4 aliphatic rings. The summed E-state index contributed by atoms with van der Waals surface area (Å²) in [4.78, 5) is 2.62. The van der Waals surface area contributed by atoms with Gasteiger partial charge in [-0.3, -0.25) is 0 Å². The first kappa shape index (κ1) is 15.9. The second kappa shape index (κ2) is 6.34. The molecule has 1 aromatic carbocycles. The Hall–Kier alpha value is -1.65. The average Bonchev–Trinajstić information content (AvgIpc) is 2.59. The summed E-state index contributed by atoms with van der Waals surface area (Å²) in [5.41, 5.74) is 1.99. The number of benzene rings is 1. The largest absolute Gasteiger partial charge is 0.473 e. The molecule has 0 N–H and O–H groups in total. The predicted octanol–water partition coefficient (Wildman–Crippen LogP) is 3.28. The Morgan fingerprint density at radius 2 is 1.62 bits per heavy atom. The third-order valence-electron chi connectivity index (χ3n) is 5.67. The Morgan fingerprint density at radius 3 is 2.25 bits per heavy atom. The summed E-state index contributed by atoms with van der Waals surface area (Å²) < 4.78 is 6.28. The summed E-state index contributed by atoms with van der Waals surface area (Å²) in [6.45, 7) is 3.71. The van der Waals surface area contributed by atoms with E-state index in [4.69, 9.17) is 4.74 Å². The van der Waals surface area contributed by atoms with Crippen molar-refractivity contribution < 1.29 is 4.74 Å². The van der Waals surface area contributed by atoms with Crippen molar-refractivity contribution in [3.05, 3.63) is 42.5 Å². The van der Waals surface area contributed by atoms with Crippen LogP contribution in [0.15, 0.2) is 42.5 Å². The van der Waals surface area contributed by atoms with Crippen LogP contribution < -0.4 is 4.74 Å². The first-order valence-electron chi connectivity index (χ1n) is 8.63. The molecule has 0 radical (unpaired) electrons. The minimum atomic E-state index is 0. The molecule has 1 saturated carbocycles. The molecular formula is C19H22ClN3O. The lowest BCUT2D eigenvalue weighted by Crippen LogP contribution is -2.61. The zero-order valence-corrected chi connectivity index (χ0v) is 14.4. The molecule has 4 fully saturated rings. The summed E-state index contributed by atoms with van der Waals surface area (Å²) in [5.74, 6) is 2.93. The molecular weight excluding hydrogens is 322 g/mol. The fourth-order valence-electron chi connectivity index (χ4n) is 4.84. The third kappa shape index (κ3) is 2.78. The van der Waals surface area contributed by atoms with Crippen LogP contribution in [-0.2, 0) is 0 Å². The molecule has 4 nitrogen and oxygen atoms in total. The molecule has 1 aromatic heterocycles. The maximum atomic E-state index is 6.28. The minimum Gasteiger partial charge on any atom is -0.473 e. The fourth-order valence-corrected chi connectivity index (χ4v) is 4.84. The highest BCUT2D eigenvalue weighted by atomic mass is 35.5. The first-order valence-corrected chi connectivity index (χ1v) is 8.63. The van der Waals surface area contributed by atoms with E-state index in [1.807, 2.05) is 30.3 Å². The van der Waals surface area contributed by atoms with E-state index in [2.05, 4.69) is 27.2 Å². The van der Waals surface area contributed by atoms with E-state index in [9.17, 15) is 0 Å². The van der Waals surface area contributed by atoms with Gasteiger partial charge in [0.1, 0.15) is 6.10 Å². The van der Waals surface area contributed by atoms with Gasteiger partial charge in [-0.1, -0.05) is 30.3 Å². The Labute approximate surface area is 148 Å². The average molecular weight is 344 g/mol. The van der Waals surface area contributed by atoms with Gasteiger partial charge >= 0.3 is 0 Å². The van der Waals surface area contributed by atoms with Crippen LogP contribution in [0.25, 0.3) is 11.3 Å². The van der Waals surface area contributed by atoms with Gasteiger partial charge in [-0.2, -0.15) is 0 Å². The highest BCUT2D eigenvalue weighted by molar-refractivity contribution is 5.85. The van der Waals surface area contributed by atoms with Gasteiger partial charge in [0, 0.05) is 43.1 Å². The van der Waals surface area contributed by atoms with Gasteiger partial charge in [0.05, 0.1) is 5.69 Å². The first-order chi connectivity index (χ1) is 11.3. The SMILES string of the molecule is Cl.c1ccc(-c2ccc(OC3C4CC5CC3CN(C5)C4)nn2)cc1. The molecule has 2 unspecified atom stereocenters. The zero-order chi connectivity index (χ0) is 15.2. The van der Waals surface area contributed by atoms with Gasteiger partial charge in [0.2, 0.25) is 5.88 Å². The normalized spacial score (nSPS) is 33.1. The maximum Gasteiger partial charge on any atom is 0.233 e. The second-order valence-electron chi connectivity index (χ2n) is 7.28. The van der Waals surface area contributed by atoms with E-state index in [0.29, 0.717) is 23.8 Å². The molecule has 3 aliphatic heterocycles. The molecule has 0 amide bonds. The van der Waals surface area contributed by atoms with Crippen LogP contribution in [0.1, 0.15) is 12.8 Å². The van der Waals surface area contributed by atoms with Gasteiger partial charge in [0.15, 0.2) is 0 Å². The highest BCUT2D eigenvalue weighted by Crippen LogP contribution is 2.44. The smallest absolute Gasteiger partial charge is 0.233 e. The molecule has 24 heavy (non-hydrogen) atoms. The minimum absolute atomic E-state index is 0. The van der Waals surface area contributed by atoms with E-state index in [-0.39, 0.29) is 12.4 Å². The van der Waals surface area contributed by atoms with Crippen LogP contribution in [0.5, 0.6) is 5.88 Å². The standard InChI is InChI=1S/C19H21N3O.ClH/c1-2-4-14(5-3-1)17-6-7-18(21-20-17)23-19-15-8-13-9-16(19)12-22(10-13)11-15;/h1-7,13,15-16,19H,8-12H2;1H. The van der Waals surface area contributed by atoms with Crippen molar-refractivity contribution in [1.29, 1.82) is 0 Å². The van der Waals surface area contributed by atoms with E-state index in [0.717, 1.165) is 17.2 Å². The van der Waals surface area contributed by atoms with Crippen LogP contribution in [0.2, 0.25) is 0 Å². The van der Waals surface area contributed by atoms with Gasteiger partial charge in [-0.15, -0.1) is 22.6 Å². The van der Waals surface area contributed by atoms with E-state index >= 15 is 0 Å². The van der Waals surface area contributed by atoms with Crippen molar-refractivity contribution in [2.75, 3.05) is 19.6 Å². The van der Waals surface area contributed by atoms with Crippen LogP contribution in [0.3, 0.4) is 0 Å². The second-order valence-corrected chi connectivity index (χ2v) is 7.28. The van der Waals surface area contributed by atoms with Crippen molar-refractivity contribution in [3.63, 3.8) is 0 Å². The van der Waals surface area contributed by atoms with Crippen LogP contribution >= 0.6 is 12.4 Å². The van der Waals surface area contributed by atoms with Gasteiger partial charge in [-0.25, -0.2) is 0 Å². The molecule has 126 valence electrons. The van der Waals surface area contributed by atoms with Gasteiger partial charge in [-0.05, 0) is 24.8 Å². The topological polar surface area (TPSA) is 38.2 Å². The molecule has 4 heterocycles. The fraction of sp³-hybridized carbons (Fsp3) is 0.474. The number of hydrogen-bond acceptors (Lipinski definition) is 4. The number of piperidine rings is 3. The lowest BCUT2D eigenvalue weighted by atomic mass is 9.66. The zero-order valence-electron chi connectivity index (χ0n) is 13.5. The Kier molecular flexibility index (Phi) is 4.19. The number of halogens is 1. The van der Waals surface area contributed by atoms with Crippen molar-refractivity contribution in [2.24, 2.45) is 17.8 Å². The summed E-state index contributed by atoms with van der Waals surface area (Å²) in [5, 5.41) is 8.67. The quantitative estimate of drug-likeness (QED) is 0.857. The monoisotopic (exact) mass is 343 g/mol. The molecule has 0 spiro atoms. The van der Waals surface area contributed by atoms with Crippen LogP contribution in [0.4, 0.5) is 0 Å². The van der Waals surface area contributed by atoms with Crippen molar-refractivity contribution in [1.82, 2.24) is 15.1 Å². The molecule has 2 atom stereocenters. The maximum absolute atomic E-state index is 6.28. The van der Waals surface area contributed by atoms with E-state index in [1.165, 1.54) is 32.5 Å². The molecule has 3 saturated heterocycles. The summed E-state index contributed by atoms with van der Waals surface area (Å²) >= 11 is 0. The lowest BCUT2D eigenvalue weighted by Gasteiger charge is -2.55. The van der Waals surface area contributed by atoms with Crippen molar-refractivity contribution >= 4 is 12.4 Å². The molecule has 4 bridgehead atoms. The highest BCUT2D eigenvalue weighted by Gasteiger charge is 2.48. The number of hydrogen-bond donors (Lipinski definition) is 0. The molecule has 1 aliphatic carbocycles. The summed E-state index contributed by atoms with van der Waals surface area (Å²) in [6.07, 6.45) is 2.99. The van der Waals surface area contributed by atoms with Gasteiger partial charge < -0.3 is 9.64 Å². The molecule has 2 aromatic rings. The Balaban J connectivity index is 0.00000146. The van der Waals surface area contributed by atoms with Crippen molar-refractivity contribution in [3.8, 4) is 17.1 Å². The van der Waals surface area contributed by atoms with E-state index < -0.39 is 0 Å². The third-order valence-corrected chi connectivity index (χ3v) is 5.67. The molecule has 6 rings (SSSR count). The summed E-state index contributed by atoms with van der Waals surface area (Å²) in [7, 11) is 0. The lowest BCUT2D eigenvalue weighted by molar-refractivity contribution is -0.0999. The summed E-state index contributed by atoms with van der Waals surface area (Å²) in [6, 6.07) is 14.1. The van der Waals surface area contributed by atoms with Crippen molar-refractivity contribution in [2.45, 2.75) is 18.9 Å². The van der Waals surface area contributed by atoms with E-state index in [1.54, 1.807) is 0 Å². The Morgan fingerprint density at radius 1 is 0.875 bits per heavy atom. The van der Waals surface area contributed by atoms with Gasteiger partial charge in [0.25, 0.3) is 0 Å². The predicted molar refractivity (Wildman–Crippen MR) is 95.3 cm³/mol. The number of nitrogens with zero attached hydrogens (tertiary/aromatic N) is 3. The Bertz CT molecular complexity index is 664. The number of ether oxygens (including phenoxy) is 1. The molecule has 5 heteroatoms.